The summed E-state index contributed by atoms with van der Waals surface area (Å²) in [5.74, 6) is 0.637. The Labute approximate surface area is 125 Å². The predicted octanol–water partition coefficient (Wildman–Crippen LogP) is 1.31. The Morgan fingerprint density at radius 2 is 1.90 bits per heavy atom. The standard InChI is InChI=1S/C16H23NO4/c18-11-10-17-8-6-14(7-9-17)16(19)21-13-12-20-15-4-2-1-3-5-15/h1-5,14,18H,6-13H2. The maximum Gasteiger partial charge on any atom is 0.309 e. The molecule has 1 aromatic carbocycles. The number of hydrogen-bond acceptors (Lipinski definition) is 5. The first kappa shape index (κ1) is 15.8. The van der Waals surface area contributed by atoms with E-state index in [1.165, 1.54) is 0 Å². The second-order valence-electron chi connectivity index (χ2n) is 5.17. The van der Waals surface area contributed by atoms with Gasteiger partial charge in [-0.1, -0.05) is 18.2 Å². The summed E-state index contributed by atoms with van der Waals surface area (Å²) in [7, 11) is 0. The Balaban J connectivity index is 1.60. The van der Waals surface area contributed by atoms with Gasteiger partial charge in [0.25, 0.3) is 0 Å². The van der Waals surface area contributed by atoms with E-state index in [0.717, 1.165) is 31.7 Å². The number of carbonyl (C=O) groups is 1. The molecule has 0 aromatic heterocycles. The number of esters is 1. The van der Waals surface area contributed by atoms with E-state index in [4.69, 9.17) is 14.6 Å². The lowest BCUT2D eigenvalue weighted by molar-refractivity contribution is -0.150. The van der Waals surface area contributed by atoms with E-state index in [-0.39, 0.29) is 25.1 Å². The number of nitrogens with zero attached hydrogens (tertiary/aromatic N) is 1. The van der Waals surface area contributed by atoms with Crippen LogP contribution in [-0.4, -0.2) is 55.4 Å². The molecule has 0 amide bonds. The van der Waals surface area contributed by atoms with Crippen LogP contribution in [0.15, 0.2) is 30.3 Å². The van der Waals surface area contributed by atoms with Crippen molar-refractivity contribution in [2.24, 2.45) is 5.92 Å². The number of hydrogen-bond donors (Lipinski definition) is 1. The van der Waals surface area contributed by atoms with Crippen molar-refractivity contribution in [3.8, 4) is 5.75 Å². The van der Waals surface area contributed by atoms with Crippen LogP contribution in [0.5, 0.6) is 5.75 Å². The van der Waals surface area contributed by atoms with E-state index >= 15 is 0 Å². The maximum atomic E-state index is 11.9. The van der Waals surface area contributed by atoms with Crippen LogP contribution in [0.2, 0.25) is 0 Å². The second-order valence-corrected chi connectivity index (χ2v) is 5.17. The fourth-order valence-corrected chi connectivity index (χ4v) is 2.47. The molecule has 1 N–H and O–H groups in total. The van der Waals surface area contributed by atoms with Crippen molar-refractivity contribution >= 4 is 5.97 Å². The van der Waals surface area contributed by atoms with Crippen LogP contribution in [0.3, 0.4) is 0 Å². The lowest BCUT2D eigenvalue weighted by Crippen LogP contribution is -2.38. The minimum atomic E-state index is -0.129. The third-order valence-electron chi connectivity index (χ3n) is 3.68. The van der Waals surface area contributed by atoms with Gasteiger partial charge in [-0.15, -0.1) is 0 Å². The minimum absolute atomic E-state index is 0.0170. The Hall–Kier alpha value is -1.59. The molecule has 1 aliphatic rings. The number of aliphatic hydroxyl groups is 1. The number of para-hydroxylation sites is 1. The van der Waals surface area contributed by atoms with Gasteiger partial charge in [0.05, 0.1) is 12.5 Å². The SMILES string of the molecule is O=C(OCCOc1ccccc1)C1CCN(CCO)CC1. The average Bonchev–Trinajstić information content (AvgIpc) is 2.53. The highest BCUT2D eigenvalue weighted by Crippen LogP contribution is 2.18. The highest BCUT2D eigenvalue weighted by atomic mass is 16.6. The topological polar surface area (TPSA) is 59.0 Å². The van der Waals surface area contributed by atoms with Crippen LogP contribution in [-0.2, 0) is 9.53 Å². The number of likely N-dealkylation sites (tertiary alicyclic amines) is 1. The van der Waals surface area contributed by atoms with Crippen LogP contribution in [0, 0.1) is 5.92 Å². The van der Waals surface area contributed by atoms with E-state index in [1.807, 2.05) is 30.3 Å². The van der Waals surface area contributed by atoms with Gasteiger partial charge in [0, 0.05) is 6.54 Å². The molecule has 1 aromatic rings. The van der Waals surface area contributed by atoms with Crippen LogP contribution in [0.4, 0.5) is 0 Å². The summed E-state index contributed by atoms with van der Waals surface area (Å²) < 4.78 is 10.7. The van der Waals surface area contributed by atoms with Crippen LogP contribution in [0.25, 0.3) is 0 Å². The summed E-state index contributed by atoms with van der Waals surface area (Å²) in [4.78, 5) is 14.1. The fraction of sp³-hybridized carbons (Fsp3) is 0.562. The molecular formula is C16H23NO4. The Bertz CT molecular complexity index is 416. The normalized spacial score (nSPS) is 16.6. The Kier molecular flexibility index (Phi) is 6.50. The third kappa shape index (κ3) is 5.36. The summed E-state index contributed by atoms with van der Waals surface area (Å²) >= 11 is 0. The van der Waals surface area contributed by atoms with Gasteiger partial charge in [-0.25, -0.2) is 0 Å². The number of piperidine rings is 1. The number of rotatable bonds is 7. The van der Waals surface area contributed by atoms with Crippen molar-refractivity contribution in [3.63, 3.8) is 0 Å². The van der Waals surface area contributed by atoms with Gasteiger partial charge in [-0.2, -0.15) is 0 Å². The van der Waals surface area contributed by atoms with Crippen molar-refractivity contribution in [1.82, 2.24) is 4.90 Å². The number of ether oxygens (including phenoxy) is 2. The first-order chi connectivity index (χ1) is 10.3. The smallest absolute Gasteiger partial charge is 0.309 e. The summed E-state index contributed by atoms with van der Waals surface area (Å²) in [5, 5.41) is 8.88. The van der Waals surface area contributed by atoms with Gasteiger partial charge in [0.2, 0.25) is 0 Å². The Morgan fingerprint density at radius 1 is 1.19 bits per heavy atom. The highest BCUT2D eigenvalue weighted by molar-refractivity contribution is 5.72. The largest absolute Gasteiger partial charge is 0.490 e. The molecule has 5 nitrogen and oxygen atoms in total. The molecule has 21 heavy (non-hydrogen) atoms. The van der Waals surface area contributed by atoms with Gasteiger partial charge in [0.1, 0.15) is 19.0 Å². The fourth-order valence-electron chi connectivity index (χ4n) is 2.47. The molecule has 2 rings (SSSR count). The predicted molar refractivity (Wildman–Crippen MR) is 79.1 cm³/mol. The number of aliphatic hydroxyl groups excluding tert-OH is 1. The summed E-state index contributed by atoms with van der Waals surface area (Å²) in [6.07, 6.45) is 1.61. The van der Waals surface area contributed by atoms with E-state index in [1.54, 1.807) is 0 Å². The van der Waals surface area contributed by atoms with Crippen LogP contribution >= 0.6 is 0 Å². The summed E-state index contributed by atoms with van der Waals surface area (Å²) in [6.45, 7) is 3.21. The molecule has 5 heteroatoms. The molecule has 0 atom stereocenters. The maximum absolute atomic E-state index is 11.9. The zero-order valence-electron chi connectivity index (χ0n) is 12.2. The molecule has 0 saturated carbocycles. The summed E-state index contributed by atoms with van der Waals surface area (Å²) in [6, 6.07) is 9.48. The molecule has 1 heterocycles. The number of β-amino-alcohol motifs (C(OH)–C–C–N with tert-alkyl or cyclic N) is 1. The van der Waals surface area contributed by atoms with Gasteiger partial charge in [-0.3, -0.25) is 4.79 Å². The van der Waals surface area contributed by atoms with E-state index in [0.29, 0.717) is 13.2 Å². The lowest BCUT2D eigenvalue weighted by Gasteiger charge is -2.30. The second kappa shape index (κ2) is 8.64. The molecule has 0 radical (unpaired) electrons. The molecular weight excluding hydrogens is 270 g/mol. The zero-order valence-corrected chi connectivity index (χ0v) is 12.2. The number of benzene rings is 1. The van der Waals surface area contributed by atoms with Crippen molar-refractivity contribution in [2.75, 3.05) is 39.5 Å². The van der Waals surface area contributed by atoms with Crippen molar-refractivity contribution in [2.45, 2.75) is 12.8 Å². The third-order valence-corrected chi connectivity index (χ3v) is 3.68. The van der Waals surface area contributed by atoms with Crippen LogP contribution in [0.1, 0.15) is 12.8 Å². The first-order valence-corrected chi connectivity index (χ1v) is 7.47. The van der Waals surface area contributed by atoms with Gasteiger partial charge in [-0.05, 0) is 38.1 Å². The molecule has 0 spiro atoms. The molecule has 1 saturated heterocycles. The minimum Gasteiger partial charge on any atom is -0.490 e. The highest BCUT2D eigenvalue weighted by Gasteiger charge is 2.25. The van der Waals surface area contributed by atoms with Crippen molar-refractivity contribution in [3.05, 3.63) is 30.3 Å². The van der Waals surface area contributed by atoms with Gasteiger partial charge < -0.3 is 19.5 Å². The Morgan fingerprint density at radius 3 is 2.57 bits per heavy atom. The van der Waals surface area contributed by atoms with Gasteiger partial charge >= 0.3 is 5.97 Å². The molecule has 0 bridgehead atoms. The van der Waals surface area contributed by atoms with E-state index in [2.05, 4.69) is 4.90 Å². The molecule has 116 valence electrons. The molecule has 0 aliphatic carbocycles. The monoisotopic (exact) mass is 293 g/mol. The molecule has 1 aliphatic heterocycles. The van der Waals surface area contributed by atoms with Crippen molar-refractivity contribution in [1.29, 1.82) is 0 Å². The van der Waals surface area contributed by atoms with Gasteiger partial charge in [0.15, 0.2) is 0 Å². The zero-order chi connectivity index (χ0) is 14.9. The van der Waals surface area contributed by atoms with E-state index in [9.17, 15) is 4.79 Å². The molecule has 0 unspecified atom stereocenters. The van der Waals surface area contributed by atoms with Crippen LogP contribution < -0.4 is 4.74 Å². The first-order valence-electron chi connectivity index (χ1n) is 7.47. The summed E-state index contributed by atoms with van der Waals surface area (Å²) in [5.41, 5.74) is 0. The average molecular weight is 293 g/mol. The lowest BCUT2D eigenvalue weighted by atomic mass is 9.97. The molecule has 1 fully saturated rings. The van der Waals surface area contributed by atoms with E-state index < -0.39 is 0 Å². The quantitative estimate of drug-likeness (QED) is 0.607. The van der Waals surface area contributed by atoms with Crippen molar-refractivity contribution < 1.29 is 19.4 Å². The number of carbonyl (C=O) groups excluding carboxylic acids is 1.